The van der Waals surface area contributed by atoms with Crippen LogP contribution in [-0.4, -0.2) is 33.4 Å². The van der Waals surface area contributed by atoms with E-state index in [1.807, 2.05) is 36.4 Å². The summed E-state index contributed by atoms with van der Waals surface area (Å²) in [5, 5.41) is 21.6. The third kappa shape index (κ3) is 6.10. The molecule has 9 heteroatoms. The Kier molecular flexibility index (Phi) is 8.19. The zero-order chi connectivity index (χ0) is 27.4. The van der Waals surface area contributed by atoms with E-state index in [2.05, 4.69) is 15.7 Å². The van der Waals surface area contributed by atoms with Gasteiger partial charge in [-0.3, -0.25) is 4.79 Å². The smallest absolute Gasteiger partial charge is 0.342 e. The molecule has 3 aromatic carbocycles. The molecule has 200 valence electrons. The summed E-state index contributed by atoms with van der Waals surface area (Å²) in [6, 6.07) is 21.1. The van der Waals surface area contributed by atoms with Gasteiger partial charge in [-0.1, -0.05) is 72.4 Å². The predicted molar refractivity (Wildman–Crippen MR) is 154 cm³/mol. The normalized spacial score (nSPS) is 13.4. The molecule has 0 aliphatic heterocycles. The van der Waals surface area contributed by atoms with Crippen molar-refractivity contribution < 1.29 is 14.7 Å². The van der Waals surface area contributed by atoms with Crippen molar-refractivity contribution in [1.29, 1.82) is 0 Å². The lowest BCUT2D eigenvalue weighted by molar-refractivity contribution is 0.102. The number of benzene rings is 3. The number of carbonyl (C=O) groups excluding carboxylic acids is 2. The maximum atomic E-state index is 13.2. The van der Waals surface area contributed by atoms with Crippen LogP contribution in [0.3, 0.4) is 0 Å². The molecule has 0 radical (unpaired) electrons. The number of rotatable bonds is 7. The average Bonchev–Trinajstić information content (AvgIpc) is 3.60. The first-order valence-corrected chi connectivity index (χ1v) is 13.7. The lowest BCUT2D eigenvalue weighted by atomic mass is 10.0. The third-order valence-electron chi connectivity index (χ3n) is 6.96. The van der Waals surface area contributed by atoms with Crippen LogP contribution in [0.5, 0.6) is 5.75 Å². The molecule has 1 aromatic heterocycles. The van der Waals surface area contributed by atoms with Crippen molar-refractivity contribution in [2.75, 3.05) is 11.9 Å². The van der Waals surface area contributed by atoms with E-state index in [0.717, 1.165) is 36.9 Å². The molecular formula is C30H28Cl2N4O3. The summed E-state index contributed by atoms with van der Waals surface area (Å²) in [6.07, 6.45) is 4.91. The van der Waals surface area contributed by atoms with Crippen LogP contribution >= 0.6 is 23.2 Å². The highest BCUT2D eigenvalue weighted by Gasteiger charge is 2.26. The van der Waals surface area contributed by atoms with Gasteiger partial charge in [0, 0.05) is 29.8 Å². The summed E-state index contributed by atoms with van der Waals surface area (Å²) >= 11 is 12.3. The van der Waals surface area contributed by atoms with E-state index in [4.69, 9.17) is 23.2 Å². The van der Waals surface area contributed by atoms with E-state index < -0.39 is 5.91 Å². The minimum absolute atomic E-state index is 0.0786. The van der Waals surface area contributed by atoms with Crippen molar-refractivity contribution in [3.8, 4) is 17.0 Å². The van der Waals surface area contributed by atoms with Crippen LogP contribution in [0, 0.1) is 0 Å². The molecule has 1 heterocycles. The topological polar surface area (TPSA) is 96.3 Å². The molecule has 4 aromatic rings. The first kappa shape index (κ1) is 26.8. The summed E-state index contributed by atoms with van der Waals surface area (Å²) in [6.45, 7) is 0.483. The standard InChI is InChI=1S/C30H28Cl2N4O3/c31-23-11-6-12-24(32)28(23)29(38)34-21-13-14-22(27(37)17-21)25-18-26(20-9-4-5-10-20)36(35-25)30(39)33-16-15-19-7-2-1-3-8-19/h1-3,6-8,11-14,17-18,20,37H,4-5,9-10,15-16H2,(H,33,39)(H,34,38). The number of phenols is 1. The Balaban J connectivity index is 1.36. The summed E-state index contributed by atoms with van der Waals surface area (Å²) in [7, 11) is 0. The Bertz CT molecular complexity index is 1480. The zero-order valence-electron chi connectivity index (χ0n) is 21.2. The maximum absolute atomic E-state index is 13.2. The fourth-order valence-corrected chi connectivity index (χ4v) is 5.54. The second kappa shape index (κ2) is 11.9. The number of carbonyl (C=O) groups is 2. The maximum Gasteiger partial charge on any atom is 0.342 e. The van der Waals surface area contributed by atoms with Crippen LogP contribution in [0.1, 0.15) is 53.2 Å². The fourth-order valence-electron chi connectivity index (χ4n) is 4.97. The number of anilines is 1. The molecule has 1 saturated carbocycles. The van der Waals surface area contributed by atoms with Gasteiger partial charge in [-0.15, -0.1) is 0 Å². The van der Waals surface area contributed by atoms with Crippen LogP contribution in [0.15, 0.2) is 72.8 Å². The van der Waals surface area contributed by atoms with Gasteiger partial charge in [-0.25, -0.2) is 4.79 Å². The number of nitrogens with one attached hydrogen (secondary N) is 2. The van der Waals surface area contributed by atoms with Gasteiger partial charge in [0.15, 0.2) is 0 Å². The molecule has 1 aliphatic carbocycles. The van der Waals surface area contributed by atoms with E-state index in [1.165, 1.54) is 10.7 Å². The molecule has 3 N–H and O–H groups in total. The molecule has 2 amide bonds. The predicted octanol–water partition coefficient (Wildman–Crippen LogP) is 7.27. The monoisotopic (exact) mass is 562 g/mol. The zero-order valence-corrected chi connectivity index (χ0v) is 22.7. The molecule has 7 nitrogen and oxygen atoms in total. The van der Waals surface area contributed by atoms with Gasteiger partial charge >= 0.3 is 6.03 Å². The quantitative estimate of drug-likeness (QED) is 0.220. The van der Waals surface area contributed by atoms with Gasteiger partial charge in [-0.05, 0) is 55.2 Å². The Morgan fingerprint density at radius 3 is 2.36 bits per heavy atom. The number of phenolic OH excluding ortho intramolecular Hbond substituents is 1. The second-order valence-electron chi connectivity index (χ2n) is 9.60. The fraction of sp³-hybridized carbons (Fsp3) is 0.233. The largest absolute Gasteiger partial charge is 0.507 e. The van der Waals surface area contributed by atoms with Crippen molar-refractivity contribution >= 4 is 40.8 Å². The van der Waals surface area contributed by atoms with E-state index in [9.17, 15) is 14.7 Å². The molecule has 0 unspecified atom stereocenters. The van der Waals surface area contributed by atoms with E-state index >= 15 is 0 Å². The molecule has 39 heavy (non-hydrogen) atoms. The van der Waals surface area contributed by atoms with Gasteiger partial charge < -0.3 is 15.7 Å². The van der Waals surface area contributed by atoms with Crippen molar-refractivity contribution in [1.82, 2.24) is 15.1 Å². The number of nitrogens with zero attached hydrogens (tertiary/aromatic N) is 2. The third-order valence-corrected chi connectivity index (χ3v) is 7.59. The summed E-state index contributed by atoms with van der Waals surface area (Å²) in [4.78, 5) is 25.9. The molecule has 1 aliphatic rings. The average molecular weight is 563 g/mol. The van der Waals surface area contributed by atoms with Gasteiger partial charge in [-0.2, -0.15) is 9.78 Å². The van der Waals surface area contributed by atoms with Gasteiger partial charge in [0.1, 0.15) is 5.75 Å². The molecule has 5 rings (SSSR count). The number of amides is 2. The first-order chi connectivity index (χ1) is 18.9. The van der Waals surface area contributed by atoms with Crippen LogP contribution in [0.25, 0.3) is 11.3 Å². The summed E-state index contributed by atoms with van der Waals surface area (Å²) in [5.41, 5.74) is 3.45. The first-order valence-electron chi connectivity index (χ1n) is 12.9. The number of hydrogen-bond acceptors (Lipinski definition) is 4. The van der Waals surface area contributed by atoms with E-state index in [-0.39, 0.29) is 33.3 Å². The Morgan fingerprint density at radius 1 is 0.949 bits per heavy atom. The lowest BCUT2D eigenvalue weighted by Gasteiger charge is -2.12. The van der Waals surface area contributed by atoms with E-state index in [0.29, 0.717) is 29.9 Å². The minimum Gasteiger partial charge on any atom is -0.507 e. The van der Waals surface area contributed by atoms with Crippen LogP contribution in [-0.2, 0) is 6.42 Å². The molecule has 1 fully saturated rings. The highest BCUT2D eigenvalue weighted by atomic mass is 35.5. The van der Waals surface area contributed by atoms with Crippen LogP contribution in [0.4, 0.5) is 10.5 Å². The summed E-state index contributed by atoms with van der Waals surface area (Å²) < 4.78 is 1.44. The van der Waals surface area contributed by atoms with Gasteiger partial charge in [0.25, 0.3) is 5.91 Å². The molecule has 0 saturated heterocycles. The highest BCUT2D eigenvalue weighted by molar-refractivity contribution is 6.40. The SMILES string of the molecule is O=C(Nc1ccc(-c2cc(C3CCCC3)n(C(=O)NCCc3ccccc3)n2)c(O)c1)c1c(Cl)cccc1Cl. The number of aromatic hydroxyl groups is 1. The Labute approximate surface area is 236 Å². The molecule has 0 atom stereocenters. The van der Waals surface area contributed by atoms with Crippen molar-refractivity contribution in [2.24, 2.45) is 0 Å². The van der Waals surface area contributed by atoms with Gasteiger partial charge in [0.05, 0.1) is 27.0 Å². The lowest BCUT2D eigenvalue weighted by Crippen LogP contribution is -2.32. The van der Waals surface area contributed by atoms with E-state index in [1.54, 1.807) is 30.3 Å². The molecular weight excluding hydrogens is 535 g/mol. The molecule has 0 bridgehead atoms. The van der Waals surface area contributed by atoms with Gasteiger partial charge in [0.2, 0.25) is 0 Å². The minimum atomic E-state index is -0.488. The number of halogens is 2. The number of hydrogen-bond donors (Lipinski definition) is 3. The summed E-state index contributed by atoms with van der Waals surface area (Å²) in [5.74, 6) is -0.338. The highest BCUT2D eigenvalue weighted by Crippen LogP contribution is 2.38. The Morgan fingerprint density at radius 2 is 1.67 bits per heavy atom. The second-order valence-corrected chi connectivity index (χ2v) is 10.4. The van der Waals surface area contributed by atoms with Crippen molar-refractivity contribution in [3.05, 3.63) is 99.7 Å². The number of aromatic nitrogens is 2. The molecule has 0 spiro atoms. The Hall–Kier alpha value is -3.81. The van der Waals surface area contributed by atoms with Crippen LogP contribution < -0.4 is 10.6 Å². The van der Waals surface area contributed by atoms with Crippen molar-refractivity contribution in [2.45, 2.75) is 38.0 Å². The van der Waals surface area contributed by atoms with Crippen molar-refractivity contribution in [3.63, 3.8) is 0 Å². The van der Waals surface area contributed by atoms with Crippen LogP contribution in [0.2, 0.25) is 10.0 Å².